The lowest BCUT2D eigenvalue weighted by Gasteiger charge is -2.10. The van der Waals surface area contributed by atoms with E-state index in [4.69, 9.17) is 11.6 Å². The zero-order valence-electron chi connectivity index (χ0n) is 10.5. The van der Waals surface area contributed by atoms with Gasteiger partial charge < -0.3 is 0 Å². The molecule has 0 saturated heterocycles. The fraction of sp³-hybridized carbons (Fsp3) is 0.333. The van der Waals surface area contributed by atoms with Crippen molar-refractivity contribution in [2.75, 3.05) is 0 Å². The van der Waals surface area contributed by atoms with Gasteiger partial charge in [0, 0.05) is 4.88 Å². The number of hydrogen-bond donors (Lipinski definition) is 0. The summed E-state index contributed by atoms with van der Waals surface area (Å²) in [7, 11) is 0. The van der Waals surface area contributed by atoms with E-state index in [-0.39, 0.29) is 5.38 Å². The summed E-state index contributed by atoms with van der Waals surface area (Å²) < 4.78 is 0. The lowest BCUT2D eigenvalue weighted by Crippen LogP contribution is -1.96. The van der Waals surface area contributed by atoms with Crippen LogP contribution in [0.2, 0.25) is 0 Å². The number of benzene rings is 1. The molecule has 0 fully saturated rings. The first-order chi connectivity index (χ1) is 8.08. The molecule has 0 N–H and O–H groups in total. The molecule has 17 heavy (non-hydrogen) atoms. The second kappa shape index (κ2) is 5.24. The summed E-state index contributed by atoms with van der Waals surface area (Å²) in [6.45, 7) is 6.42. The molecule has 1 unspecified atom stereocenters. The predicted octanol–water partition coefficient (Wildman–Crippen LogP) is 5.20. The van der Waals surface area contributed by atoms with Crippen LogP contribution < -0.4 is 0 Å². The van der Waals surface area contributed by atoms with E-state index in [9.17, 15) is 0 Å². The molecule has 90 valence electrons. The molecule has 2 heteroatoms. The SMILES string of the molecule is Cc1ccc(CC(Cl)c2sccc2C)cc1C. The number of thiophene rings is 1. The van der Waals surface area contributed by atoms with Crippen molar-refractivity contribution in [1.82, 2.24) is 0 Å². The van der Waals surface area contributed by atoms with Crippen molar-refractivity contribution in [2.24, 2.45) is 0 Å². The molecule has 1 aromatic heterocycles. The molecular formula is C15H17ClS. The Morgan fingerprint density at radius 1 is 1.06 bits per heavy atom. The van der Waals surface area contributed by atoms with Gasteiger partial charge in [-0.05, 0) is 60.9 Å². The highest BCUT2D eigenvalue weighted by Gasteiger charge is 2.13. The Labute approximate surface area is 112 Å². The summed E-state index contributed by atoms with van der Waals surface area (Å²) in [6.07, 6.45) is 0.907. The molecule has 0 radical (unpaired) electrons. The third kappa shape index (κ3) is 2.91. The smallest absolute Gasteiger partial charge is 0.0721 e. The lowest BCUT2D eigenvalue weighted by molar-refractivity contribution is 0.929. The van der Waals surface area contributed by atoms with Gasteiger partial charge >= 0.3 is 0 Å². The second-order valence-electron chi connectivity index (χ2n) is 4.56. The number of rotatable bonds is 3. The highest BCUT2D eigenvalue weighted by molar-refractivity contribution is 7.10. The Bertz CT molecular complexity index is 513. The first-order valence-electron chi connectivity index (χ1n) is 5.82. The van der Waals surface area contributed by atoms with Crippen LogP contribution >= 0.6 is 22.9 Å². The highest BCUT2D eigenvalue weighted by Crippen LogP contribution is 2.32. The molecule has 0 saturated carbocycles. The minimum Gasteiger partial charge on any atom is -0.147 e. The largest absolute Gasteiger partial charge is 0.147 e. The monoisotopic (exact) mass is 264 g/mol. The van der Waals surface area contributed by atoms with Crippen LogP contribution in [0.15, 0.2) is 29.6 Å². The summed E-state index contributed by atoms with van der Waals surface area (Å²) in [5, 5.41) is 2.21. The lowest BCUT2D eigenvalue weighted by atomic mass is 10.0. The Kier molecular flexibility index (Phi) is 3.90. The van der Waals surface area contributed by atoms with Crippen molar-refractivity contribution < 1.29 is 0 Å². The van der Waals surface area contributed by atoms with Crippen molar-refractivity contribution in [3.8, 4) is 0 Å². The quantitative estimate of drug-likeness (QED) is 0.669. The van der Waals surface area contributed by atoms with E-state index in [1.807, 2.05) is 0 Å². The van der Waals surface area contributed by atoms with Gasteiger partial charge in [0.1, 0.15) is 0 Å². The Morgan fingerprint density at radius 3 is 2.41 bits per heavy atom. The molecule has 1 aromatic carbocycles. The summed E-state index contributed by atoms with van der Waals surface area (Å²) in [4.78, 5) is 1.30. The van der Waals surface area contributed by atoms with Gasteiger partial charge in [-0.25, -0.2) is 0 Å². The van der Waals surface area contributed by atoms with Crippen LogP contribution in [0.4, 0.5) is 0 Å². The summed E-state index contributed by atoms with van der Waals surface area (Å²) in [5.74, 6) is 0. The second-order valence-corrected chi connectivity index (χ2v) is 6.03. The molecule has 0 aliphatic rings. The third-order valence-electron chi connectivity index (χ3n) is 3.17. The van der Waals surface area contributed by atoms with Crippen LogP contribution in [0.5, 0.6) is 0 Å². The van der Waals surface area contributed by atoms with E-state index in [0.29, 0.717) is 0 Å². The Balaban J connectivity index is 2.16. The topological polar surface area (TPSA) is 0 Å². The zero-order valence-corrected chi connectivity index (χ0v) is 12.0. The van der Waals surface area contributed by atoms with Gasteiger partial charge in [-0.15, -0.1) is 22.9 Å². The molecule has 1 atom stereocenters. The average Bonchev–Trinajstić information content (AvgIpc) is 2.70. The van der Waals surface area contributed by atoms with Crippen LogP contribution in [-0.4, -0.2) is 0 Å². The van der Waals surface area contributed by atoms with Crippen molar-refractivity contribution in [3.05, 3.63) is 56.8 Å². The maximum absolute atomic E-state index is 6.49. The van der Waals surface area contributed by atoms with Gasteiger partial charge in [0.2, 0.25) is 0 Å². The number of halogens is 1. The normalized spacial score (nSPS) is 12.7. The highest BCUT2D eigenvalue weighted by atomic mass is 35.5. The minimum absolute atomic E-state index is 0.0945. The van der Waals surface area contributed by atoms with Gasteiger partial charge in [0.05, 0.1) is 5.38 Å². The maximum Gasteiger partial charge on any atom is 0.0721 e. The predicted molar refractivity (Wildman–Crippen MR) is 77.3 cm³/mol. The van der Waals surface area contributed by atoms with E-state index in [0.717, 1.165) is 6.42 Å². The maximum atomic E-state index is 6.49. The fourth-order valence-corrected chi connectivity index (χ4v) is 3.34. The van der Waals surface area contributed by atoms with E-state index in [2.05, 4.69) is 50.4 Å². The average molecular weight is 265 g/mol. The first kappa shape index (κ1) is 12.7. The van der Waals surface area contributed by atoms with Gasteiger partial charge in [-0.3, -0.25) is 0 Å². The van der Waals surface area contributed by atoms with Gasteiger partial charge in [0.25, 0.3) is 0 Å². The molecule has 0 bridgehead atoms. The van der Waals surface area contributed by atoms with E-state index >= 15 is 0 Å². The number of hydrogen-bond acceptors (Lipinski definition) is 1. The number of alkyl halides is 1. The first-order valence-corrected chi connectivity index (χ1v) is 7.13. The van der Waals surface area contributed by atoms with Gasteiger partial charge in [-0.2, -0.15) is 0 Å². The zero-order chi connectivity index (χ0) is 12.4. The number of aryl methyl sites for hydroxylation is 3. The van der Waals surface area contributed by atoms with Crippen LogP contribution in [0.3, 0.4) is 0 Å². The van der Waals surface area contributed by atoms with Gasteiger partial charge in [-0.1, -0.05) is 18.2 Å². The van der Waals surface area contributed by atoms with Crippen LogP contribution in [0.1, 0.15) is 32.5 Å². The molecular weight excluding hydrogens is 248 g/mol. The molecule has 0 amide bonds. The fourth-order valence-electron chi connectivity index (χ4n) is 1.94. The van der Waals surface area contributed by atoms with Crippen LogP contribution in [-0.2, 0) is 6.42 Å². The van der Waals surface area contributed by atoms with E-state index in [1.165, 1.54) is 27.1 Å². The van der Waals surface area contributed by atoms with Crippen molar-refractivity contribution >= 4 is 22.9 Å². The molecule has 0 nitrogen and oxygen atoms in total. The minimum atomic E-state index is 0.0945. The van der Waals surface area contributed by atoms with Crippen molar-refractivity contribution in [2.45, 2.75) is 32.6 Å². The van der Waals surface area contributed by atoms with E-state index in [1.54, 1.807) is 11.3 Å². The van der Waals surface area contributed by atoms with E-state index < -0.39 is 0 Å². The Morgan fingerprint density at radius 2 is 1.82 bits per heavy atom. The molecule has 2 aromatic rings. The Hall–Kier alpha value is -0.790. The molecule has 0 aliphatic heterocycles. The third-order valence-corrected chi connectivity index (χ3v) is 4.81. The summed E-state index contributed by atoms with van der Waals surface area (Å²) in [6, 6.07) is 8.74. The standard InChI is InChI=1S/C15H17ClS/c1-10-4-5-13(8-12(10)3)9-14(16)15-11(2)6-7-17-15/h4-8,14H,9H2,1-3H3. The molecule has 0 aliphatic carbocycles. The molecule has 2 rings (SSSR count). The van der Waals surface area contributed by atoms with Crippen molar-refractivity contribution in [1.29, 1.82) is 0 Å². The van der Waals surface area contributed by atoms with Crippen LogP contribution in [0.25, 0.3) is 0 Å². The van der Waals surface area contributed by atoms with Crippen LogP contribution in [0, 0.1) is 20.8 Å². The van der Waals surface area contributed by atoms with Gasteiger partial charge in [0.15, 0.2) is 0 Å². The summed E-state index contributed by atoms with van der Waals surface area (Å²) in [5.41, 5.74) is 5.31. The molecule has 1 heterocycles. The summed E-state index contributed by atoms with van der Waals surface area (Å²) >= 11 is 8.24. The van der Waals surface area contributed by atoms with Crippen molar-refractivity contribution in [3.63, 3.8) is 0 Å². The molecule has 0 spiro atoms.